The zero-order valence-corrected chi connectivity index (χ0v) is 17.1. The van der Waals surface area contributed by atoms with Gasteiger partial charge in [0.05, 0.1) is 15.7 Å². The van der Waals surface area contributed by atoms with Gasteiger partial charge >= 0.3 is 0 Å². The average molecular weight is 413 g/mol. The molecule has 1 fully saturated rings. The summed E-state index contributed by atoms with van der Waals surface area (Å²) in [5, 5.41) is 0. The van der Waals surface area contributed by atoms with E-state index in [4.69, 9.17) is 9.47 Å². The van der Waals surface area contributed by atoms with Crippen LogP contribution in [0, 0.1) is 5.92 Å². The van der Waals surface area contributed by atoms with Crippen molar-refractivity contribution in [1.29, 1.82) is 0 Å². The summed E-state index contributed by atoms with van der Waals surface area (Å²) >= 11 is 0. The molecule has 2 heterocycles. The molecule has 2 aliphatic heterocycles. The normalized spacial score (nSPS) is 23.2. The zero-order valence-electron chi connectivity index (χ0n) is 16.3. The fraction of sp³-hybridized carbons (Fsp3) is 0.318. The Hall–Kier alpha value is -2.48. The van der Waals surface area contributed by atoms with Crippen molar-refractivity contribution in [3.05, 3.63) is 77.2 Å². The predicted octanol–water partition coefficient (Wildman–Crippen LogP) is 2.76. The molecule has 29 heavy (non-hydrogen) atoms. The molecule has 3 aliphatic rings. The molecule has 1 aliphatic carbocycles. The van der Waals surface area contributed by atoms with E-state index in [0.29, 0.717) is 6.54 Å². The number of benzene rings is 2. The number of methoxy groups -OCH3 is 2. The van der Waals surface area contributed by atoms with E-state index in [-0.39, 0.29) is 22.1 Å². The predicted molar refractivity (Wildman–Crippen MR) is 107 cm³/mol. The van der Waals surface area contributed by atoms with Crippen LogP contribution in [0.5, 0.6) is 0 Å². The molecule has 2 atom stereocenters. The number of carbonyl (C=O) groups excluding carboxylic acids is 1. The van der Waals surface area contributed by atoms with E-state index in [9.17, 15) is 13.2 Å². The third kappa shape index (κ3) is 3.19. The Balaban J connectivity index is 1.80. The molecule has 0 aromatic heterocycles. The monoisotopic (exact) mass is 413 g/mol. The lowest BCUT2D eigenvalue weighted by Gasteiger charge is -2.52. The van der Waals surface area contributed by atoms with Gasteiger partial charge in [-0.05, 0) is 23.8 Å². The molecule has 1 amide bonds. The van der Waals surface area contributed by atoms with Crippen molar-refractivity contribution in [2.45, 2.75) is 29.7 Å². The fourth-order valence-corrected chi connectivity index (χ4v) is 5.89. The van der Waals surface area contributed by atoms with Gasteiger partial charge in [0.2, 0.25) is 15.7 Å². The number of piperidine rings is 1. The van der Waals surface area contributed by atoms with Gasteiger partial charge < -0.3 is 14.4 Å². The van der Waals surface area contributed by atoms with Crippen molar-refractivity contribution in [2.24, 2.45) is 5.92 Å². The molecule has 0 radical (unpaired) electrons. The highest BCUT2D eigenvalue weighted by Crippen LogP contribution is 2.47. The Kier molecular flexibility index (Phi) is 5.06. The summed E-state index contributed by atoms with van der Waals surface area (Å²) in [5.41, 5.74) is 0.954. The number of fused-ring (bicyclic) bond motifs is 2. The lowest BCUT2D eigenvalue weighted by molar-refractivity contribution is -0.258. The third-order valence-corrected chi connectivity index (χ3v) is 7.71. The van der Waals surface area contributed by atoms with Crippen molar-refractivity contribution in [2.75, 3.05) is 14.2 Å². The highest BCUT2D eigenvalue weighted by Gasteiger charge is 2.58. The minimum atomic E-state index is -3.79. The molecule has 0 spiro atoms. The minimum Gasteiger partial charge on any atom is -0.351 e. The molecular weight excluding hydrogens is 390 g/mol. The average Bonchev–Trinajstić information content (AvgIpc) is 2.77. The summed E-state index contributed by atoms with van der Waals surface area (Å²) in [7, 11) is -0.741. The number of nitrogens with zero attached hydrogens (tertiary/aromatic N) is 1. The number of hydrogen-bond acceptors (Lipinski definition) is 5. The van der Waals surface area contributed by atoms with E-state index < -0.39 is 27.6 Å². The molecule has 2 bridgehead atoms. The van der Waals surface area contributed by atoms with Crippen LogP contribution >= 0.6 is 0 Å². The summed E-state index contributed by atoms with van der Waals surface area (Å²) in [6.07, 6.45) is 1.79. The second-order valence-corrected chi connectivity index (χ2v) is 9.21. The molecule has 0 N–H and O–H groups in total. The topological polar surface area (TPSA) is 72.9 Å². The molecule has 7 heteroatoms. The highest BCUT2D eigenvalue weighted by atomic mass is 32.2. The third-order valence-electron chi connectivity index (χ3n) is 5.77. The van der Waals surface area contributed by atoms with Crippen LogP contribution in [0.3, 0.4) is 0 Å². The molecule has 1 saturated heterocycles. The maximum atomic E-state index is 13.3. The van der Waals surface area contributed by atoms with E-state index in [1.807, 2.05) is 30.3 Å². The van der Waals surface area contributed by atoms with Crippen LogP contribution in [-0.4, -0.2) is 45.3 Å². The summed E-state index contributed by atoms with van der Waals surface area (Å²) < 4.78 is 37.9. The standard InChI is InChI=1S/C22H23NO5S/c1-27-22(28-2)14-18-19(29(25,26)17-11-7-4-8-12-17)13-20(22)23(21(18)24)15-16-9-5-3-6-10-16/h3-13,18,20H,14-15H2,1-2H3/t18-,20-/m0/s1. The first-order chi connectivity index (χ1) is 13.9. The number of amides is 1. The first kappa shape index (κ1) is 19.8. The van der Waals surface area contributed by atoms with Crippen LogP contribution < -0.4 is 0 Å². The number of sulfone groups is 1. The highest BCUT2D eigenvalue weighted by molar-refractivity contribution is 7.95. The largest absolute Gasteiger partial charge is 0.351 e. The van der Waals surface area contributed by atoms with E-state index in [0.717, 1.165) is 5.56 Å². The molecule has 6 nitrogen and oxygen atoms in total. The molecule has 0 unspecified atom stereocenters. The Bertz CT molecular complexity index is 1030. The maximum Gasteiger partial charge on any atom is 0.232 e. The summed E-state index contributed by atoms with van der Waals surface area (Å²) in [6, 6.07) is 17.1. The fourth-order valence-electron chi connectivity index (χ4n) is 4.24. The second-order valence-electron chi connectivity index (χ2n) is 7.26. The van der Waals surface area contributed by atoms with Crippen LogP contribution in [0.4, 0.5) is 0 Å². The van der Waals surface area contributed by atoms with Crippen molar-refractivity contribution < 1.29 is 22.7 Å². The minimum absolute atomic E-state index is 0.132. The molecule has 0 saturated carbocycles. The maximum absolute atomic E-state index is 13.3. The molecule has 2 aromatic carbocycles. The van der Waals surface area contributed by atoms with Crippen molar-refractivity contribution in [3.8, 4) is 0 Å². The summed E-state index contributed by atoms with van der Waals surface area (Å²) in [6.45, 7) is 0.352. The van der Waals surface area contributed by atoms with E-state index >= 15 is 0 Å². The number of rotatable bonds is 6. The van der Waals surface area contributed by atoms with Crippen molar-refractivity contribution in [1.82, 2.24) is 4.90 Å². The van der Waals surface area contributed by atoms with Crippen LogP contribution in [-0.2, 0) is 30.7 Å². The zero-order chi connectivity index (χ0) is 20.6. The van der Waals surface area contributed by atoms with Gasteiger partial charge in [-0.25, -0.2) is 8.42 Å². The van der Waals surface area contributed by atoms with Crippen molar-refractivity contribution >= 4 is 15.7 Å². The Morgan fingerprint density at radius 1 is 1.00 bits per heavy atom. The van der Waals surface area contributed by atoms with Crippen LogP contribution in [0.15, 0.2) is 76.5 Å². The molecule has 152 valence electrons. The SMILES string of the molecule is COC1(OC)C[C@@H]2C(=O)N(Cc3ccccc3)[C@H]1C=C2S(=O)(=O)c1ccccc1. The van der Waals surface area contributed by atoms with E-state index in [1.54, 1.807) is 41.3 Å². The lowest BCUT2D eigenvalue weighted by atomic mass is 9.79. The van der Waals surface area contributed by atoms with Gasteiger partial charge in [0.1, 0.15) is 6.04 Å². The Morgan fingerprint density at radius 2 is 1.59 bits per heavy atom. The number of ether oxygens (including phenoxy) is 2. The van der Waals surface area contributed by atoms with Gasteiger partial charge in [0.25, 0.3) is 0 Å². The van der Waals surface area contributed by atoms with Crippen LogP contribution in [0.25, 0.3) is 0 Å². The van der Waals surface area contributed by atoms with Gasteiger partial charge in [-0.3, -0.25) is 4.79 Å². The summed E-state index contributed by atoms with van der Waals surface area (Å²) in [5.74, 6) is -2.15. The quantitative estimate of drug-likeness (QED) is 0.681. The first-order valence-corrected chi connectivity index (χ1v) is 10.9. The second kappa shape index (κ2) is 7.40. The number of hydrogen-bond donors (Lipinski definition) is 0. The van der Waals surface area contributed by atoms with Gasteiger partial charge in [0, 0.05) is 27.2 Å². The van der Waals surface area contributed by atoms with Crippen molar-refractivity contribution in [3.63, 3.8) is 0 Å². The van der Waals surface area contributed by atoms with Gasteiger partial charge in [-0.2, -0.15) is 0 Å². The molecule has 2 aromatic rings. The Morgan fingerprint density at radius 3 is 2.17 bits per heavy atom. The number of carbonyl (C=O) groups is 1. The molecular formula is C22H23NO5S. The first-order valence-electron chi connectivity index (χ1n) is 9.39. The van der Waals surface area contributed by atoms with Gasteiger partial charge in [0.15, 0.2) is 5.79 Å². The summed E-state index contributed by atoms with van der Waals surface area (Å²) in [4.78, 5) is 15.3. The van der Waals surface area contributed by atoms with E-state index in [2.05, 4.69) is 0 Å². The van der Waals surface area contributed by atoms with Gasteiger partial charge in [-0.1, -0.05) is 48.5 Å². The lowest BCUT2D eigenvalue weighted by Crippen LogP contribution is -2.65. The Labute approximate surface area is 170 Å². The smallest absolute Gasteiger partial charge is 0.232 e. The van der Waals surface area contributed by atoms with E-state index in [1.165, 1.54) is 14.2 Å². The molecule has 5 rings (SSSR count). The van der Waals surface area contributed by atoms with Crippen LogP contribution in [0.2, 0.25) is 0 Å². The van der Waals surface area contributed by atoms with Crippen LogP contribution in [0.1, 0.15) is 12.0 Å². The van der Waals surface area contributed by atoms with Gasteiger partial charge in [-0.15, -0.1) is 0 Å².